The highest BCUT2D eigenvalue weighted by Gasteiger charge is 2.19. The van der Waals surface area contributed by atoms with Crippen LogP contribution in [0.5, 0.6) is 5.75 Å². The lowest BCUT2D eigenvalue weighted by Crippen LogP contribution is -2.21. The van der Waals surface area contributed by atoms with Gasteiger partial charge in [-0.1, -0.05) is 60.7 Å². The van der Waals surface area contributed by atoms with Gasteiger partial charge in [0.1, 0.15) is 5.75 Å². The Labute approximate surface area is 153 Å². The van der Waals surface area contributed by atoms with E-state index in [1.54, 1.807) is 31.4 Å². The number of carbonyl (C=O) groups excluding carboxylic acids is 1. The minimum absolute atomic E-state index is 0.473. The van der Waals surface area contributed by atoms with Crippen molar-refractivity contribution in [2.75, 3.05) is 12.4 Å². The van der Waals surface area contributed by atoms with Gasteiger partial charge in [-0.15, -0.1) is 0 Å². The lowest BCUT2D eigenvalue weighted by molar-refractivity contribution is -0.124. The van der Waals surface area contributed by atoms with Gasteiger partial charge in [-0.25, -0.2) is 0 Å². The molecule has 0 saturated carbocycles. The molecule has 0 aliphatic heterocycles. The second kappa shape index (κ2) is 8.32. The largest absolute Gasteiger partial charge is 0.497 e. The van der Waals surface area contributed by atoms with Crippen LogP contribution in [0.1, 0.15) is 22.8 Å². The average Bonchev–Trinajstić information content (AvgIpc) is 2.69. The Morgan fingerprint density at radius 1 is 1.00 bits per heavy atom. The molecule has 1 atom stereocenters. The first-order valence-corrected chi connectivity index (χ1v) is 8.42. The molecule has 4 nitrogen and oxygen atoms in total. The fourth-order valence-electron chi connectivity index (χ4n) is 2.78. The van der Waals surface area contributed by atoms with Gasteiger partial charge < -0.3 is 15.2 Å². The van der Waals surface area contributed by atoms with Gasteiger partial charge in [0.05, 0.1) is 7.11 Å². The van der Waals surface area contributed by atoms with Gasteiger partial charge in [0, 0.05) is 5.69 Å². The maximum Gasteiger partial charge on any atom is 0.257 e. The molecule has 0 fully saturated rings. The SMILES string of the molecule is COc1cccc(C(O)C(=O)Nc2ccccc2Cc2ccccc2)c1. The van der Waals surface area contributed by atoms with Crippen molar-refractivity contribution in [2.45, 2.75) is 12.5 Å². The lowest BCUT2D eigenvalue weighted by atomic mass is 10.0. The van der Waals surface area contributed by atoms with Crippen LogP contribution < -0.4 is 10.1 Å². The van der Waals surface area contributed by atoms with Crippen molar-refractivity contribution in [3.8, 4) is 5.75 Å². The Hall–Kier alpha value is -3.11. The van der Waals surface area contributed by atoms with Crippen molar-refractivity contribution in [3.05, 3.63) is 95.6 Å². The van der Waals surface area contributed by atoms with E-state index < -0.39 is 12.0 Å². The molecule has 3 rings (SSSR count). The number of benzene rings is 3. The topological polar surface area (TPSA) is 58.6 Å². The van der Waals surface area contributed by atoms with Crippen molar-refractivity contribution in [1.82, 2.24) is 0 Å². The molecule has 4 heteroatoms. The minimum Gasteiger partial charge on any atom is -0.497 e. The predicted octanol–water partition coefficient (Wildman–Crippen LogP) is 3.96. The van der Waals surface area contributed by atoms with Gasteiger partial charge in [-0.3, -0.25) is 4.79 Å². The number of methoxy groups -OCH3 is 1. The molecule has 132 valence electrons. The van der Waals surface area contributed by atoms with E-state index >= 15 is 0 Å². The third-order valence-electron chi connectivity index (χ3n) is 4.17. The van der Waals surface area contributed by atoms with Crippen LogP contribution >= 0.6 is 0 Å². The number of hydrogen-bond donors (Lipinski definition) is 2. The van der Waals surface area contributed by atoms with Crippen molar-refractivity contribution >= 4 is 11.6 Å². The monoisotopic (exact) mass is 347 g/mol. The summed E-state index contributed by atoms with van der Waals surface area (Å²) in [5.41, 5.74) is 3.33. The maximum absolute atomic E-state index is 12.5. The predicted molar refractivity (Wildman–Crippen MR) is 102 cm³/mol. The highest BCUT2D eigenvalue weighted by atomic mass is 16.5. The van der Waals surface area contributed by atoms with E-state index in [0.29, 0.717) is 23.4 Å². The van der Waals surface area contributed by atoms with Crippen LogP contribution in [0.3, 0.4) is 0 Å². The number of anilines is 1. The molecule has 3 aromatic rings. The number of aliphatic hydroxyl groups is 1. The van der Waals surface area contributed by atoms with Crippen LogP contribution in [0.15, 0.2) is 78.9 Å². The van der Waals surface area contributed by atoms with E-state index in [1.807, 2.05) is 54.6 Å². The molecule has 3 aromatic carbocycles. The Morgan fingerprint density at radius 2 is 1.73 bits per heavy atom. The molecule has 0 saturated heterocycles. The Kier molecular flexibility index (Phi) is 5.66. The smallest absolute Gasteiger partial charge is 0.257 e. The van der Waals surface area contributed by atoms with Crippen molar-refractivity contribution < 1.29 is 14.6 Å². The summed E-state index contributed by atoms with van der Waals surface area (Å²) in [6.45, 7) is 0. The normalized spacial score (nSPS) is 11.6. The molecular weight excluding hydrogens is 326 g/mol. The van der Waals surface area contributed by atoms with Crippen LogP contribution in [-0.2, 0) is 11.2 Å². The standard InChI is InChI=1S/C22H21NO3/c1-26-19-12-7-11-18(15-19)21(24)22(25)23-20-13-6-5-10-17(20)14-16-8-3-2-4-9-16/h2-13,15,21,24H,14H2,1H3,(H,23,25). The van der Waals surface area contributed by atoms with Crippen LogP contribution in [0, 0.1) is 0 Å². The van der Waals surface area contributed by atoms with Crippen molar-refractivity contribution in [3.63, 3.8) is 0 Å². The van der Waals surface area contributed by atoms with E-state index in [-0.39, 0.29) is 0 Å². The molecule has 1 amide bonds. The first kappa shape index (κ1) is 17.7. The zero-order chi connectivity index (χ0) is 18.4. The van der Waals surface area contributed by atoms with Crippen LogP contribution in [0.25, 0.3) is 0 Å². The number of ether oxygens (including phenoxy) is 1. The zero-order valence-corrected chi connectivity index (χ0v) is 14.6. The summed E-state index contributed by atoms with van der Waals surface area (Å²) in [6, 6.07) is 24.5. The number of aliphatic hydroxyl groups excluding tert-OH is 1. The maximum atomic E-state index is 12.5. The molecule has 2 N–H and O–H groups in total. The van der Waals surface area contributed by atoms with Crippen LogP contribution in [0.4, 0.5) is 5.69 Å². The molecule has 0 radical (unpaired) electrons. The third kappa shape index (κ3) is 4.29. The van der Waals surface area contributed by atoms with Gasteiger partial charge in [-0.05, 0) is 41.3 Å². The number of carbonyl (C=O) groups is 1. The van der Waals surface area contributed by atoms with Crippen molar-refractivity contribution in [1.29, 1.82) is 0 Å². The fourth-order valence-corrected chi connectivity index (χ4v) is 2.78. The summed E-state index contributed by atoms with van der Waals surface area (Å²) in [7, 11) is 1.55. The number of amides is 1. The van der Waals surface area contributed by atoms with Gasteiger partial charge >= 0.3 is 0 Å². The average molecular weight is 347 g/mol. The highest BCUT2D eigenvalue weighted by molar-refractivity contribution is 5.95. The molecule has 0 aliphatic carbocycles. The van der Waals surface area contributed by atoms with E-state index in [1.165, 1.54) is 0 Å². The number of hydrogen-bond acceptors (Lipinski definition) is 3. The molecule has 1 unspecified atom stereocenters. The lowest BCUT2D eigenvalue weighted by Gasteiger charge is -2.15. The van der Waals surface area contributed by atoms with E-state index in [4.69, 9.17) is 4.74 Å². The molecular formula is C22H21NO3. The second-order valence-electron chi connectivity index (χ2n) is 5.99. The molecule has 26 heavy (non-hydrogen) atoms. The summed E-state index contributed by atoms with van der Waals surface area (Å²) < 4.78 is 5.15. The number of rotatable bonds is 6. The Morgan fingerprint density at radius 3 is 2.50 bits per heavy atom. The summed E-state index contributed by atoms with van der Waals surface area (Å²) in [5, 5.41) is 13.2. The quantitative estimate of drug-likeness (QED) is 0.710. The van der Waals surface area contributed by atoms with Crippen LogP contribution in [-0.4, -0.2) is 18.1 Å². The summed E-state index contributed by atoms with van der Waals surface area (Å²) in [6.07, 6.45) is -0.568. The third-order valence-corrected chi connectivity index (χ3v) is 4.17. The van der Waals surface area contributed by atoms with E-state index in [9.17, 15) is 9.90 Å². The summed E-state index contributed by atoms with van der Waals surface area (Å²) in [4.78, 5) is 12.5. The van der Waals surface area contributed by atoms with E-state index in [0.717, 1.165) is 11.1 Å². The summed E-state index contributed by atoms with van der Waals surface area (Å²) >= 11 is 0. The Bertz CT molecular complexity index is 877. The number of nitrogens with one attached hydrogen (secondary N) is 1. The van der Waals surface area contributed by atoms with Gasteiger partial charge in [-0.2, -0.15) is 0 Å². The fraction of sp³-hybridized carbons (Fsp3) is 0.136. The van der Waals surface area contributed by atoms with Gasteiger partial charge in [0.25, 0.3) is 5.91 Å². The molecule has 0 spiro atoms. The Balaban J connectivity index is 1.77. The highest BCUT2D eigenvalue weighted by Crippen LogP contribution is 2.23. The second-order valence-corrected chi connectivity index (χ2v) is 5.99. The van der Waals surface area contributed by atoms with Crippen LogP contribution in [0.2, 0.25) is 0 Å². The molecule has 0 heterocycles. The zero-order valence-electron chi connectivity index (χ0n) is 14.6. The van der Waals surface area contributed by atoms with Gasteiger partial charge in [0.2, 0.25) is 0 Å². The molecule has 0 aromatic heterocycles. The number of para-hydroxylation sites is 1. The molecule has 0 bridgehead atoms. The summed E-state index contributed by atoms with van der Waals surface area (Å²) in [5.74, 6) is 0.123. The first-order valence-electron chi connectivity index (χ1n) is 8.42. The van der Waals surface area contributed by atoms with Crippen molar-refractivity contribution in [2.24, 2.45) is 0 Å². The molecule has 0 aliphatic rings. The first-order chi connectivity index (χ1) is 12.7. The minimum atomic E-state index is -1.27. The van der Waals surface area contributed by atoms with E-state index in [2.05, 4.69) is 5.32 Å². The van der Waals surface area contributed by atoms with Gasteiger partial charge in [0.15, 0.2) is 6.10 Å².